The molecule has 0 fully saturated rings. The Morgan fingerprint density at radius 3 is 2.59 bits per heavy atom. The van der Waals surface area contributed by atoms with Gasteiger partial charge < -0.3 is 19.7 Å². The van der Waals surface area contributed by atoms with Gasteiger partial charge in [-0.25, -0.2) is 0 Å². The molecule has 5 heteroatoms. The number of carbonyl (C=O) groups is 1. The molecule has 0 aliphatic heterocycles. The van der Waals surface area contributed by atoms with Crippen LogP contribution >= 0.6 is 0 Å². The first kappa shape index (κ1) is 16.4. The highest BCUT2D eigenvalue weighted by atomic mass is 16.5. The maximum atomic E-state index is 11.0. The second-order valence-electron chi connectivity index (χ2n) is 4.26. The quantitative estimate of drug-likeness (QED) is 0.539. The van der Waals surface area contributed by atoms with Crippen LogP contribution in [0.5, 0.6) is 0 Å². The van der Waals surface area contributed by atoms with E-state index in [2.05, 4.69) is 29.0 Å². The van der Waals surface area contributed by atoms with E-state index in [0.717, 1.165) is 19.6 Å². The zero-order chi connectivity index (χ0) is 12.9. The Hall–Kier alpha value is -0.650. The molecule has 0 radical (unpaired) electrons. The molecule has 0 aromatic heterocycles. The highest BCUT2D eigenvalue weighted by Crippen LogP contribution is 1.96. The Morgan fingerprint density at radius 2 is 1.94 bits per heavy atom. The normalized spacial score (nSPS) is 10.8. The largest absolute Gasteiger partial charge is 0.380 e. The fraction of sp³-hybridized carbons (Fsp3) is 0.917. The average Bonchev–Trinajstić information content (AvgIpc) is 2.27. The lowest BCUT2D eigenvalue weighted by Crippen LogP contribution is -2.30. The topological polar surface area (TPSA) is 50.8 Å². The first-order chi connectivity index (χ1) is 8.16. The summed E-state index contributed by atoms with van der Waals surface area (Å²) in [7, 11) is 5.67. The Morgan fingerprint density at radius 1 is 1.18 bits per heavy atom. The maximum absolute atomic E-state index is 11.0. The average molecular weight is 246 g/mol. The molecule has 0 unspecified atom stereocenters. The van der Waals surface area contributed by atoms with Crippen LogP contribution in [0.15, 0.2) is 0 Å². The number of rotatable bonds is 11. The summed E-state index contributed by atoms with van der Waals surface area (Å²) in [6, 6.07) is 0. The van der Waals surface area contributed by atoms with Crippen LogP contribution in [-0.2, 0) is 14.3 Å². The minimum atomic E-state index is -0.0953. The molecule has 0 saturated carbocycles. The number of unbranched alkanes of at least 4 members (excludes halogenated alkanes) is 2. The van der Waals surface area contributed by atoms with Crippen molar-refractivity contribution >= 4 is 5.91 Å². The highest BCUT2D eigenvalue weighted by molar-refractivity contribution is 5.77. The predicted molar refractivity (Wildman–Crippen MR) is 68.1 cm³/mol. The Kier molecular flexibility index (Phi) is 11.4. The molecule has 0 bridgehead atoms. The van der Waals surface area contributed by atoms with Gasteiger partial charge in [-0.1, -0.05) is 0 Å². The Labute approximate surface area is 104 Å². The lowest BCUT2D eigenvalue weighted by molar-refractivity contribution is -0.124. The van der Waals surface area contributed by atoms with Gasteiger partial charge in [-0.2, -0.15) is 0 Å². The molecule has 17 heavy (non-hydrogen) atoms. The first-order valence-corrected chi connectivity index (χ1v) is 6.15. The highest BCUT2D eigenvalue weighted by Gasteiger charge is 1.98. The van der Waals surface area contributed by atoms with Gasteiger partial charge in [0, 0.05) is 20.3 Å². The number of hydrogen-bond donors (Lipinski definition) is 1. The van der Waals surface area contributed by atoms with Crippen molar-refractivity contribution in [3.8, 4) is 0 Å². The molecule has 0 rings (SSSR count). The molecule has 102 valence electrons. The van der Waals surface area contributed by atoms with Crippen molar-refractivity contribution in [1.29, 1.82) is 0 Å². The number of methoxy groups -OCH3 is 1. The van der Waals surface area contributed by atoms with Gasteiger partial charge in [0.25, 0.3) is 0 Å². The van der Waals surface area contributed by atoms with Crippen LogP contribution in [0.3, 0.4) is 0 Å². The van der Waals surface area contributed by atoms with Crippen molar-refractivity contribution in [3.63, 3.8) is 0 Å². The van der Waals surface area contributed by atoms with Gasteiger partial charge >= 0.3 is 0 Å². The van der Waals surface area contributed by atoms with Crippen molar-refractivity contribution in [2.24, 2.45) is 0 Å². The second-order valence-corrected chi connectivity index (χ2v) is 4.26. The lowest BCUT2D eigenvalue weighted by Gasteiger charge is -2.09. The molecule has 0 spiro atoms. The molecule has 1 amide bonds. The van der Waals surface area contributed by atoms with Crippen LogP contribution < -0.4 is 5.32 Å². The van der Waals surface area contributed by atoms with Crippen LogP contribution in [0.1, 0.15) is 19.3 Å². The molecule has 0 aliphatic rings. The number of ether oxygens (including phenoxy) is 2. The first-order valence-electron chi connectivity index (χ1n) is 6.15. The molecular weight excluding hydrogens is 220 g/mol. The Bertz CT molecular complexity index is 187. The van der Waals surface area contributed by atoms with Gasteiger partial charge in [-0.05, 0) is 39.9 Å². The number of nitrogens with zero attached hydrogens (tertiary/aromatic N) is 1. The van der Waals surface area contributed by atoms with E-state index in [-0.39, 0.29) is 12.5 Å². The number of carbonyl (C=O) groups excluding carboxylic acids is 1. The van der Waals surface area contributed by atoms with Crippen LogP contribution in [0.25, 0.3) is 0 Å². The van der Waals surface area contributed by atoms with Gasteiger partial charge in [0.2, 0.25) is 5.91 Å². The molecule has 0 saturated heterocycles. The fourth-order valence-corrected chi connectivity index (χ4v) is 1.36. The lowest BCUT2D eigenvalue weighted by atomic mass is 10.2. The minimum absolute atomic E-state index is 0.0953. The van der Waals surface area contributed by atoms with Crippen LogP contribution in [-0.4, -0.2) is 64.9 Å². The number of amides is 1. The number of hydrogen-bond acceptors (Lipinski definition) is 4. The SMILES string of the molecule is COCC(=O)NCCOCCCCCN(C)C. The summed E-state index contributed by atoms with van der Waals surface area (Å²) in [4.78, 5) is 13.2. The molecule has 0 heterocycles. The van der Waals surface area contributed by atoms with Crippen molar-refractivity contribution in [1.82, 2.24) is 10.2 Å². The van der Waals surface area contributed by atoms with E-state index in [4.69, 9.17) is 4.74 Å². The van der Waals surface area contributed by atoms with E-state index in [0.29, 0.717) is 13.2 Å². The second kappa shape index (κ2) is 11.8. The Balaban J connectivity index is 3.06. The van der Waals surface area contributed by atoms with Crippen molar-refractivity contribution in [3.05, 3.63) is 0 Å². The zero-order valence-electron chi connectivity index (χ0n) is 11.3. The van der Waals surface area contributed by atoms with E-state index in [1.165, 1.54) is 20.0 Å². The summed E-state index contributed by atoms with van der Waals surface area (Å²) >= 11 is 0. The molecular formula is C12H26N2O3. The van der Waals surface area contributed by atoms with Crippen LogP contribution in [0, 0.1) is 0 Å². The van der Waals surface area contributed by atoms with Crippen LogP contribution in [0.4, 0.5) is 0 Å². The van der Waals surface area contributed by atoms with E-state index in [1.807, 2.05) is 0 Å². The third-order valence-electron chi connectivity index (χ3n) is 2.24. The standard InChI is InChI=1S/C12H26N2O3/c1-14(2)8-5-4-6-9-17-10-7-13-12(15)11-16-3/h4-11H2,1-3H3,(H,13,15). The molecule has 0 aromatic rings. The summed E-state index contributed by atoms with van der Waals surface area (Å²) < 4.78 is 10.1. The van der Waals surface area contributed by atoms with Gasteiger partial charge in [0.05, 0.1) is 6.61 Å². The molecule has 5 nitrogen and oxygen atoms in total. The summed E-state index contributed by atoms with van der Waals surface area (Å²) in [5.74, 6) is -0.0953. The summed E-state index contributed by atoms with van der Waals surface area (Å²) in [5.41, 5.74) is 0. The maximum Gasteiger partial charge on any atom is 0.246 e. The fourth-order valence-electron chi connectivity index (χ4n) is 1.36. The third-order valence-corrected chi connectivity index (χ3v) is 2.24. The van der Waals surface area contributed by atoms with Gasteiger partial charge in [-0.3, -0.25) is 4.79 Å². The third kappa shape index (κ3) is 13.3. The number of nitrogens with one attached hydrogen (secondary N) is 1. The van der Waals surface area contributed by atoms with E-state index in [1.54, 1.807) is 0 Å². The minimum Gasteiger partial charge on any atom is -0.380 e. The molecule has 1 N–H and O–H groups in total. The van der Waals surface area contributed by atoms with Gasteiger partial charge in [0.15, 0.2) is 0 Å². The van der Waals surface area contributed by atoms with Gasteiger partial charge in [-0.15, -0.1) is 0 Å². The summed E-state index contributed by atoms with van der Waals surface area (Å²) in [6.07, 6.45) is 3.48. The van der Waals surface area contributed by atoms with Crippen LogP contribution in [0.2, 0.25) is 0 Å². The van der Waals surface area contributed by atoms with Crippen molar-refractivity contribution in [2.45, 2.75) is 19.3 Å². The summed E-state index contributed by atoms with van der Waals surface area (Å²) in [5, 5.41) is 2.70. The summed E-state index contributed by atoms with van der Waals surface area (Å²) in [6.45, 7) is 3.15. The van der Waals surface area contributed by atoms with E-state index < -0.39 is 0 Å². The molecule has 0 atom stereocenters. The smallest absolute Gasteiger partial charge is 0.246 e. The molecule has 0 aliphatic carbocycles. The molecule has 0 aromatic carbocycles. The van der Waals surface area contributed by atoms with Gasteiger partial charge in [0.1, 0.15) is 6.61 Å². The van der Waals surface area contributed by atoms with Crippen molar-refractivity contribution < 1.29 is 14.3 Å². The van der Waals surface area contributed by atoms with E-state index >= 15 is 0 Å². The van der Waals surface area contributed by atoms with E-state index in [9.17, 15) is 4.79 Å². The monoisotopic (exact) mass is 246 g/mol. The zero-order valence-corrected chi connectivity index (χ0v) is 11.3. The predicted octanol–water partition coefficient (Wildman–Crippen LogP) is 0.498. The van der Waals surface area contributed by atoms with Crippen molar-refractivity contribution in [2.75, 3.05) is 54.1 Å².